The molecule has 2 atom stereocenters. The summed E-state index contributed by atoms with van der Waals surface area (Å²) in [6, 6.07) is 15.9. The van der Waals surface area contributed by atoms with Gasteiger partial charge in [-0.25, -0.2) is 0 Å². The Kier molecular flexibility index (Phi) is 3.49. The standard InChI is InChI=1S/C18H22N2/c1-12-3-5-14(6-4-12)13(2)20-18-10-7-15-11-16(19)8-9-17(15)18/h3-6,8-9,11,13,18,20H,7,10,19H2,1-2H3. The van der Waals surface area contributed by atoms with Crippen LogP contribution in [0, 0.1) is 6.92 Å². The number of benzene rings is 2. The fourth-order valence-corrected chi connectivity index (χ4v) is 3.06. The molecule has 0 aliphatic heterocycles. The van der Waals surface area contributed by atoms with Crippen molar-refractivity contribution in [1.29, 1.82) is 0 Å². The van der Waals surface area contributed by atoms with Crippen LogP contribution in [0.25, 0.3) is 0 Å². The van der Waals surface area contributed by atoms with Crippen molar-refractivity contribution in [1.82, 2.24) is 5.32 Å². The minimum atomic E-state index is 0.365. The Morgan fingerprint density at radius 2 is 1.90 bits per heavy atom. The summed E-state index contributed by atoms with van der Waals surface area (Å²) in [4.78, 5) is 0. The van der Waals surface area contributed by atoms with E-state index in [0.717, 1.165) is 18.5 Å². The Hall–Kier alpha value is -1.80. The van der Waals surface area contributed by atoms with Gasteiger partial charge in [-0.05, 0) is 55.5 Å². The van der Waals surface area contributed by atoms with Crippen LogP contribution in [-0.2, 0) is 6.42 Å². The van der Waals surface area contributed by atoms with Gasteiger partial charge in [-0.1, -0.05) is 35.9 Å². The fourth-order valence-electron chi connectivity index (χ4n) is 3.06. The number of nitrogens with one attached hydrogen (secondary N) is 1. The van der Waals surface area contributed by atoms with Crippen molar-refractivity contribution in [3.8, 4) is 0 Å². The molecule has 0 saturated carbocycles. The van der Waals surface area contributed by atoms with Gasteiger partial charge in [0.25, 0.3) is 0 Å². The van der Waals surface area contributed by atoms with Crippen molar-refractivity contribution in [2.75, 3.05) is 5.73 Å². The monoisotopic (exact) mass is 266 g/mol. The quantitative estimate of drug-likeness (QED) is 0.826. The number of nitrogen functional groups attached to an aromatic ring is 1. The molecule has 20 heavy (non-hydrogen) atoms. The lowest BCUT2D eigenvalue weighted by atomic mass is 10.0. The van der Waals surface area contributed by atoms with E-state index in [1.54, 1.807) is 0 Å². The first-order chi connectivity index (χ1) is 9.63. The predicted octanol–water partition coefficient (Wildman–Crippen LogP) is 3.92. The first kappa shape index (κ1) is 13.2. The Balaban J connectivity index is 1.75. The van der Waals surface area contributed by atoms with Gasteiger partial charge in [-0.15, -0.1) is 0 Å². The number of hydrogen-bond donors (Lipinski definition) is 2. The average molecular weight is 266 g/mol. The molecular weight excluding hydrogens is 244 g/mol. The van der Waals surface area contributed by atoms with Gasteiger partial charge in [0.1, 0.15) is 0 Å². The second-order valence-electron chi connectivity index (χ2n) is 5.85. The molecule has 0 bridgehead atoms. The van der Waals surface area contributed by atoms with Crippen molar-refractivity contribution in [2.24, 2.45) is 0 Å². The molecule has 104 valence electrons. The maximum atomic E-state index is 5.86. The Bertz CT molecular complexity index is 601. The Morgan fingerprint density at radius 3 is 2.65 bits per heavy atom. The van der Waals surface area contributed by atoms with Crippen molar-refractivity contribution < 1.29 is 0 Å². The lowest BCUT2D eigenvalue weighted by molar-refractivity contribution is 0.465. The summed E-state index contributed by atoms with van der Waals surface area (Å²) < 4.78 is 0. The second-order valence-corrected chi connectivity index (χ2v) is 5.85. The maximum absolute atomic E-state index is 5.86. The van der Waals surface area contributed by atoms with Crippen LogP contribution in [0.4, 0.5) is 5.69 Å². The third-order valence-electron chi connectivity index (χ3n) is 4.27. The molecule has 2 unspecified atom stereocenters. The summed E-state index contributed by atoms with van der Waals surface area (Å²) in [5.41, 5.74) is 12.2. The fraction of sp³-hybridized carbons (Fsp3) is 0.333. The molecule has 0 fully saturated rings. The van der Waals surface area contributed by atoms with Gasteiger partial charge in [0.2, 0.25) is 0 Å². The van der Waals surface area contributed by atoms with E-state index in [-0.39, 0.29) is 0 Å². The molecule has 0 saturated heterocycles. The molecular formula is C18H22N2. The second kappa shape index (κ2) is 5.29. The molecule has 2 heteroatoms. The van der Waals surface area contributed by atoms with Crippen molar-refractivity contribution in [3.63, 3.8) is 0 Å². The van der Waals surface area contributed by atoms with Gasteiger partial charge in [0, 0.05) is 17.8 Å². The number of fused-ring (bicyclic) bond motifs is 1. The number of rotatable bonds is 3. The van der Waals surface area contributed by atoms with Crippen LogP contribution >= 0.6 is 0 Å². The topological polar surface area (TPSA) is 38.0 Å². The van der Waals surface area contributed by atoms with E-state index in [1.807, 2.05) is 6.07 Å². The van der Waals surface area contributed by atoms with Crippen LogP contribution in [0.5, 0.6) is 0 Å². The molecule has 0 spiro atoms. The molecule has 1 aliphatic rings. The normalized spacial score (nSPS) is 18.8. The van der Waals surface area contributed by atoms with Crippen LogP contribution < -0.4 is 11.1 Å². The van der Waals surface area contributed by atoms with Crippen molar-refractivity contribution >= 4 is 5.69 Å². The largest absolute Gasteiger partial charge is 0.399 e. The summed E-state index contributed by atoms with van der Waals surface area (Å²) in [6.45, 7) is 4.36. The van der Waals surface area contributed by atoms with Gasteiger partial charge in [0.05, 0.1) is 0 Å². The lowest BCUT2D eigenvalue weighted by Crippen LogP contribution is -2.23. The summed E-state index contributed by atoms with van der Waals surface area (Å²) in [6.07, 6.45) is 2.29. The van der Waals surface area contributed by atoms with Crippen LogP contribution in [0.15, 0.2) is 42.5 Å². The minimum absolute atomic E-state index is 0.365. The zero-order chi connectivity index (χ0) is 14.1. The summed E-state index contributed by atoms with van der Waals surface area (Å²) in [5, 5.41) is 3.75. The van der Waals surface area contributed by atoms with Crippen LogP contribution in [0.3, 0.4) is 0 Å². The smallest absolute Gasteiger partial charge is 0.0331 e. The van der Waals surface area contributed by atoms with E-state index in [1.165, 1.54) is 22.3 Å². The molecule has 2 nitrogen and oxygen atoms in total. The molecule has 1 aliphatic carbocycles. The van der Waals surface area contributed by atoms with Gasteiger partial charge >= 0.3 is 0 Å². The molecule has 0 aromatic heterocycles. The van der Waals surface area contributed by atoms with E-state index >= 15 is 0 Å². The van der Waals surface area contributed by atoms with E-state index in [9.17, 15) is 0 Å². The minimum Gasteiger partial charge on any atom is -0.399 e. The zero-order valence-corrected chi connectivity index (χ0v) is 12.2. The van der Waals surface area contributed by atoms with Gasteiger partial charge < -0.3 is 11.1 Å². The van der Waals surface area contributed by atoms with Crippen LogP contribution in [0.2, 0.25) is 0 Å². The highest BCUT2D eigenvalue weighted by Crippen LogP contribution is 2.34. The van der Waals surface area contributed by atoms with Crippen LogP contribution in [-0.4, -0.2) is 0 Å². The van der Waals surface area contributed by atoms with E-state index < -0.39 is 0 Å². The molecule has 2 aromatic carbocycles. The van der Waals surface area contributed by atoms with Gasteiger partial charge in [-0.3, -0.25) is 0 Å². The zero-order valence-electron chi connectivity index (χ0n) is 12.2. The van der Waals surface area contributed by atoms with Crippen molar-refractivity contribution in [3.05, 3.63) is 64.7 Å². The maximum Gasteiger partial charge on any atom is 0.0331 e. The number of nitrogens with two attached hydrogens (primary N) is 1. The number of anilines is 1. The van der Waals surface area contributed by atoms with E-state index in [0.29, 0.717) is 12.1 Å². The molecule has 3 N–H and O–H groups in total. The highest BCUT2D eigenvalue weighted by atomic mass is 14.9. The predicted molar refractivity (Wildman–Crippen MR) is 84.6 cm³/mol. The lowest BCUT2D eigenvalue weighted by Gasteiger charge is -2.21. The Labute approximate surface area is 121 Å². The van der Waals surface area contributed by atoms with E-state index in [4.69, 9.17) is 5.73 Å². The average Bonchev–Trinajstić information content (AvgIpc) is 2.81. The van der Waals surface area contributed by atoms with Gasteiger partial charge in [0.15, 0.2) is 0 Å². The van der Waals surface area contributed by atoms with Crippen LogP contribution in [0.1, 0.15) is 47.7 Å². The summed E-state index contributed by atoms with van der Waals surface area (Å²) >= 11 is 0. The summed E-state index contributed by atoms with van der Waals surface area (Å²) in [7, 11) is 0. The highest BCUT2D eigenvalue weighted by molar-refractivity contribution is 5.47. The molecule has 2 aromatic rings. The van der Waals surface area contributed by atoms with E-state index in [2.05, 4.69) is 55.6 Å². The highest BCUT2D eigenvalue weighted by Gasteiger charge is 2.23. The molecule has 0 amide bonds. The van der Waals surface area contributed by atoms with Crippen molar-refractivity contribution in [2.45, 2.75) is 38.8 Å². The number of hydrogen-bond acceptors (Lipinski definition) is 2. The third kappa shape index (κ3) is 2.56. The molecule has 3 rings (SSSR count). The summed E-state index contributed by atoms with van der Waals surface area (Å²) in [5.74, 6) is 0. The molecule has 0 radical (unpaired) electrons. The SMILES string of the molecule is Cc1ccc(C(C)NC2CCc3cc(N)ccc32)cc1. The molecule has 0 heterocycles. The third-order valence-corrected chi connectivity index (χ3v) is 4.27. The first-order valence-corrected chi connectivity index (χ1v) is 7.34. The van der Waals surface area contributed by atoms with Gasteiger partial charge in [-0.2, -0.15) is 0 Å². The Morgan fingerprint density at radius 1 is 1.15 bits per heavy atom. The first-order valence-electron chi connectivity index (χ1n) is 7.34. The number of aryl methyl sites for hydroxylation is 2.